The molecule has 0 atom stereocenters. The molecule has 0 radical (unpaired) electrons. The molecule has 1 aromatic carbocycles. The quantitative estimate of drug-likeness (QED) is 0.716. The molecule has 0 spiro atoms. The molecule has 1 aliphatic rings. The number of hydrogen-bond donors (Lipinski definition) is 0. The molecular formula is C18H22F3NO2. The molecule has 1 heterocycles. The topological polar surface area (TPSA) is 29.5 Å². The number of halogens is 3. The summed E-state index contributed by atoms with van der Waals surface area (Å²) in [6.45, 7) is 7.97. The first-order valence-corrected chi connectivity index (χ1v) is 7.82. The van der Waals surface area contributed by atoms with Crippen LogP contribution in [0.2, 0.25) is 0 Å². The van der Waals surface area contributed by atoms with Crippen molar-refractivity contribution in [3.63, 3.8) is 0 Å². The Hall–Kier alpha value is -1.98. The zero-order chi connectivity index (χ0) is 18.1. The van der Waals surface area contributed by atoms with Crippen molar-refractivity contribution in [2.24, 2.45) is 0 Å². The van der Waals surface area contributed by atoms with Crippen LogP contribution in [0.15, 0.2) is 24.3 Å². The second-order valence-corrected chi connectivity index (χ2v) is 6.93. The maximum absolute atomic E-state index is 12.7. The van der Waals surface area contributed by atoms with Crippen LogP contribution in [-0.2, 0) is 10.9 Å². The SMILES string of the molecule is Cc1cc(C(F)(F)F)ccc1C1=CCN(C(=O)OC(C)(C)C)CC1. The molecule has 0 aliphatic carbocycles. The Morgan fingerprint density at radius 1 is 1.21 bits per heavy atom. The predicted octanol–water partition coefficient (Wildman–Crippen LogP) is 5.04. The Morgan fingerprint density at radius 3 is 2.33 bits per heavy atom. The average molecular weight is 341 g/mol. The number of alkyl halides is 3. The molecule has 0 aromatic heterocycles. The van der Waals surface area contributed by atoms with Crippen LogP contribution in [-0.4, -0.2) is 29.7 Å². The van der Waals surface area contributed by atoms with Gasteiger partial charge in [-0.1, -0.05) is 12.1 Å². The highest BCUT2D eigenvalue weighted by molar-refractivity contribution is 5.74. The molecule has 1 aromatic rings. The number of hydrogen-bond acceptors (Lipinski definition) is 2. The summed E-state index contributed by atoms with van der Waals surface area (Å²) in [6, 6.07) is 3.77. The molecule has 0 bridgehead atoms. The van der Waals surface area contributed by atoms with Gasteiger partial charge in [0.25, 0.3) is 0 Å². The Balaban J connectivity index is 2.12. The van der Waals surface area contributed by atoms with Gasteiger partial charge in [0.2, 0.25) is 0 Å². The van der Waals surface area contributed by atoms with Gasteiger partial charge in [-0.05, 0) is 62.9 Å². The fourth-order valence-corrected chi connectivity index (χ4v) is 2.61. The second-order valence-electron chi connectivity index (χ2n) is 6.93. The Kier molecular flexibility index (Phi) is 4.97. The lowest BCUT2D eigenvalue weighted by atomic mass is 9.94. The van der Waals surface area contributed by atoms with Crippen LogP contribution in [0.3, 0.4) is 0 Å². The molecule has 3 nitrogen and oxygen atoms in total. The maximum Gasteiger partial charge on any atom is 0.416 e. The predicted molar refractivity (Wildman–Crippen MR) is 86.6 cm³/mol. The highest BCUT2D eigenvalue weighted by Crippen LogP contribution is 2.33. The number of rotatable bonds is 1. The van der Waals surface area contributed by atoms with Crippen LogP contribution in [0.5, 0.6) is 0 Å². The van der Waals surface area contributed by atoms with Crippen LogP contribution in [0.4, 0.5) is 18.0 Å². The largest absolute Gasteiger partial charge is 0.444 e. The van der Waals surface area contributed by atoms with Crippen molar-refractivity contribution in [2.75, 3.05) is 13.1 Å². The minimum absolute atomic E-state index is 0.373. The van der Waals surface area contributed by atoms with Crippen LogP contribution in [0.1, 0.15) is 43.9 Å². The van der Waals surface area contributed by atoms with Gasteiger partial charge >= 0.3 is 12.3 Å². The maximum atomic E-state index is 12.7. The van der Waals surface area contributed by atoms with E-state index in [2.05, 4.69) is 0 Å². The van der Waals surface area contributed by atoms with Gasteiger partial charge in [0.1, 0.15) is 5.60 Å². The summed E-state index contributed by atoms with van der Waals surface area (Å²) in [5.41, 5.74) is 1.15. The van der Waals surface area contributed by atoms with Gasteiger partial charge in [-0.15, -0.1) is 0 Å². The highest BCUT2D eigenvalue weighted by Gasteiger charge is 2.31. The Labute approximate surface area is 140 Å². The first-order valence-electron chi connectivity index (χ1n) is 7.82. The zero-order valence-electron chi connectivity index (χ0n) is 14.3. The molecule has 2 rings (SSSR count). The molecule has 0 N–H and O–H groups in total. The molecule has 132 valence electrons. The summed E-state index contributed by atoms with van der Waals surface area (Å²) in [5, 5.41) is 0. The minimum Gasteiger partial charge on any atom is -0.444 e. The standard InChI is InChI=1S/C18H22F3NO2/c1-12-11-14(18(19,20)21)5-6-15(12)13-7-9-22(10-8-13)16(23)24-17(2,3)4/h5-7,11H,8-10H2,1-4H3. The van der Waals surface area contributed by atoms with Gasteiger partial charge in [0.15, 0.2) is 0 Å². The molecule has 1 aliphatic heterocycles. The van der Waals surface area contributed by atoms with E-state index in [1.54, 1.807) is 11.8 Å². The number of nitrogens with zero attached hydrogens (tertiary/aromatic N) is 1. The smallest absolute Gasteiger partial charge is 0.416 e. The lowest BCUT2D eigenvalue weighted by Gasteiger charge is -2.30. The number of carbonyl (C=O) groups is 1. The highest BCUT2D eigenvalue weighted by atomic mass is 19.4. The van der Waals surface area contributed by atoms with Gasteiger partial charge in [0, 0.05) is 13.1 Å². The molecule has 24 heavy (non-hydrogen) atoms. The van der Waals surface area contributed by atoms with Crippen molar-refractivity contribution < 1.29 is 22.7 Å². The van der Waals surface area contributed by atoms with Crippen LogP contribution in [0.25, 0.3) is 5.57 Å². The Morgan fingerprint density at radius 2 is 1.88 bits per heavy atom. The summed E-state index contributed by atoms with van der Waals surface area (Å²) in [6.07, 6.45) is -2.24. The number of aryl methyl sites for hydroxylation is 1. The molecule has 1 amide bonds. The van der Waals surface area contributed by atoms with Crippen molar-refractivity contribution in [3.05, 3.63) is 41.0 Å². The average Bonchev–Trinajstić information content (AvgIpc) is 2.44. The summed E-state index contributed by atoms with van der Waals surface area (Å²) in [5.74, 6) is 0. The third-order valence-electron chi connectivity index (χ3n) is 3.76. The first kappa shape index (κ1) is 18.4. The third-order valence-corrected chi connectivity index (χ3v) is 3.76. The lowest BCUT2D eigenvalue weighted by Crippen LogP contribution is -2.39. The second kappa shape index (κ2) is 6.49. The van der Waals surface area contributed by atoms with Crippen molar-refractivity contribution in [2.45, 2.75) is 45.9 Å². The normalized spacial score (nSPS) is 16.0. The van der Waals surface area contributed by atoms with Crippen LogP contribution in [0, 0.1) is 6.92 Å². The van der Waals surface area contributed by atoms with Crippen molar-refractivity contribution in [3.8, 4) is 0 Å². The molecule has 0 unspecified atom stereocenters. The zero-order valence-corrected chi connectivity index (χ0v) is 14.3. The summed E-state index contributed by atoms with van der Waals surface area (Å²) >= 11 is 0. The number of ether oxygens (including phenoxy) is 1. The van der Waals surface area contributed by atoms with Gasteiger partial charge in [0.05, 0.1) is 5.56 Å². The lowest BCUT2D eigenvalue weighted by molar-refractivity contribution is -0.137. The van der Waals surface area contributed by atoms with E-state index in [4.69, 9.17) is 4.74 Å². The van der Waals surface area contributed by atoms with Gasteiger partial charge < -0.3 is 9.64 Å². The van der Waals surface area contributed by atoms with Gasteiger partial charge in [-0.25, -0.2) is 4.79 Å². The van der Waals surface area contributed by atoms with E-state index in [1.807, 2.05) is 26.8 Å². The molecule has 0 saturated heterocycles. The number of amides is 1. The molecule has 6 heteroatoms. The summed E-state index contributed by atoms with van der Waals surface area (Å²) in [7, 11) is 0. The van der Waals surface area contributed by atoms with Gasteiger partial charge in [-0.3, -0.25) is 0 Å². The molecular weight excluding hydrogens is 319 g/mol. The summed E-state index contributed by atoms with van der Waals surface area (Å²) < 4.78 is 43.6. The van der Waals surface area contributed by atoms with Crippen LogP contribution < -0.4 is 0 Å². The van der Waals surface area contributed by atoms with E-state index >= 15 is 0 Å². The van der Waals surface area contributed by atoms with E-state index in [9.17, 15) is 18.0 Å². The fraction of sp³-hybridized carbons (Fsp3) is 0.500. The number of benzene rings is 1. The minimum atomic E-state index is -4.34. The number of carbonyl (C=O) groups excluding carboxylic acids is 1. The van der Waals surface area contributed by atoms with Crippen molar-refractivity contribution >= 4 is 11.7 Å². The van der Waals surface area contributed by atoms with Crippen molar-refractivity contribution in [1.29, 1.82) is 0 Å². The van der Waals surface area contributed by atoms with E-state index in [-0.39, 0.29) is 6.09 Å². The first-order chi connectivity index (χ1) is 11.0. The monoisotopic (exact) mass is 341 g/mol. The van der Waals surface area contributed by atoms with E-state index in [1.165, 1.54) is 6.07 Å². The molecule has 0 fully saturated rings. The third kappa shape index (κ3) is 4.52. The van der Waals surface area contributed by atoms with Crippen LogP contribution >= 0.6 is 0 Å². The van der Waals surface area contributed by atoms with E-state index in [0.29, 0.717) is 25.1 Å². The fourth-order valence-electron chi connectivity index (χ4n) is 2.61. The Bertz CT molecular complexity index is 657. The summed E-state index contributed by atoms with van der Waals surface area (Å²) in [4.78, 5) is 13.6. The van der Waals surface area contributed by atoms with E-state index in [0.717, 1.165) is 23.3 Å². The van der Waals surface area contributed by atoms with Crippen molar-refractivity contribution in [1.82, 2.24) is 4.90 Å². The van der Waals surface area contributed by atoms with Gasteiger partial charge in [-0.2, -0.15) is 13.2 Å². The van der Waals surface area contributed by atoms with E-state index < -0.39 is 17.3 Å². The molecule has 0 saturated carbocycles.